The van der Waals surface area contributed by atoms with Crippen molar-refractivity contribution in [3.8, 4) is 5.75 Å². The van der Waals surface area contributed by atoms with Crippen molar-refractivity contribution >= 4 is 68.3 Å². The number of anilines is 2. The van der Waals surface area contributed by atoms with Gasteiger partial charge in [-0.3, -0.25) is 19.4 Å². The van der Waals surface area contributed by atoms with Gasteiger partial charge in [0.25, 0.3) is 5.91 Å². The lowest BCUT2D eigenvalue weighted by atomic mass is 10.3. The summed E-state index contributed by atoms with van der Waals surface area (Å²) in [6, 6.07) is 7.15. The van der Waals surface area contributed by atoms with E-state index in [0.717, 1.165) is 0 Å². The molecule has 0 atom stereocenters. The summed E-state index contributed by atoms with van der Waals surface area (Å²) in [6.45, 7) is 5.50. The minimum absolute atomic E-state index is 0.164. The third-order valence-electron chi connectivity index (χ3n) is 3.81. The van der Waals surface area contributed by atoms with Crippen LogP contribution >= 0.6 is 35.3 Å². The fourth-order valence-corrected chi connectivity index (χ4v) is 4.63. The van der Waals surface area contributed by atoms with Gasteiger partial charge in [0.2, 0.25) is 5.91 Å². The van der Waals surface area contributed by atoms with E-state index in [9.17, 15) is 9.59 Å². The van der Waals surface area contributed by atoms with Crippen molar-refractivity contribution in [3.05, 3.63) is 52.9 Å². The number of ether oxygens (including phenoxy) is 1. The van der Waals surface area contributed by atoms with Crippen molar-refractivity contribution < 1.29 is 14.3 Å². The summed E-state index contributed by atoms with van der Waals surface area (Å²) < 4.78 is 5.65. The maximum absolute atomic E-state index is 12.4. The average Bonchev–Trinajstić information content (AvgIpc) is 3.22. The average molecular weight is 432 g/mol. The van der Waals surface area contributed by atoms with Crippen LogP contribution in [-0.4, -0.2) is 39.7 Å². The molecular formula is C19H17N3O3S3. The van der Waals surface area contributed by atoms with Crippen molar-refractivity contribution in [3.63, 3.8) is 0 Å². The molecule has 144 valence electrons. The van der Waals surface area contributed by atoms with Gasteiger partial charge < -0.3 is 4.74 Å². The zero-order chi connectivity index (χ0) is 20.3. The van der Waals surface area contributed by atoms with Crippen molar-refractivity contribution in [2.75, 3.05) is 18.6 Å². The van der Waals surface area contributed by atoms with Gasteiger partial charge in [-0.2, -0.15) is 0 Å². The molecule has 2 aromatic rings. The van der Waals surface area contributed by atoms with Crippen LogP contribution < -0.4 is 9.64 Å². The number of thioether (sulfide) groups is 1. The number of amides is 2. The number of benzene rings is 1. The maximum Gasteiger partial charge on any atom is 0.266 e. The van der Waals surface area contributed by atoms with Gasteiger partial charge in [-0.05, 0) is 30.3 Å². The van der Waals surface area contributed by atoms with Crippen molar-refractivity contribution in [1.82, 2.24) is 9.88 Å². The van der Waals surface area contributed by atoms with Crippen molar-refractivity contribution in [2.45, 2.75) is 6.92 Å². The molecule has 28 heavy (non-hydrogen) atoms. The molecule has 1 saturated heterocycles. The molecule has 1 fully saturated rings. The van der Waals surface area contributed by atoms with Crippen molar-refractivity contribution in [2.24, 2.45) is 0 Å². The normalized spacial score (nSPS) is 15.2. The summed E-state index contributed by atoms with van der Waals surface area (Å²) >= 11 is 7.79. The topological polar surface area (TPSA) is 62.7 Å². The highest BCUT2D eigenvalue weighted by molar-refractivity contribution is 8.26. The number of thiazole rings is 1. The van der Waals surface area contributed by atoms with E-state index in [0.29, 0.717) is 38.0 Å². The Morgan fingerprint density at radius 2 is 2.11 bits per heavy atom. The van der Waals surface area contributed by atoms with Gasteiger partial charge in [0.05, 0.1) is 23.4 Å². The predicted octanol–water partition coefficient (Wildman–Crippen LogP) is 4.22. The molecule has 2 amide bonds. The molecule has 0 radical (unpaired) electrons. The minimum atomic E-state index is -0.164. The molecule has 0 unspecified atom stereocenters. The summed E-state index contributed by atoms with van der Waals surface area (Å²) in [5.41, 5.74) is 1.28. The molecule has 6 nitrogen and oxygen atoms in total. The Kier molecular flexibility index (Phi) is 6.28. The van der Waals surface area contributed by atoms with Crippen LogP contribution in [0.5, 0.6) is 5.75 Å². The number of hydrogen-bond acceptors (Lipinski definition) is 7. The van der Waals surface area contributed by atoms with Crippen LogP contribution in [0.1, 0.15) is 12.6 Å². The first-order chi connectivity index (χ1) is 13.4. The van der Waals surface area contributed by atoms with Crippen LogP contribution in [0.15, 0.2) is 47.2 Å². The van der Waals surface area contributed by atoms with E-state index < -0.39 is 0 Å². The van der Waals surface area contributed by atoms with Crippen molar-refractivity contribution in [1.29, 1.82) is 0 Å². The van der Waals surface area contributed by atoms with E-state index in [2.05, 4.69) is 11.6 Å². The molecule has 0 saturated carbocycles. The molecule has 0 N–H and O–H groups in total. The third kappa shape index (κ3) is 4.16. The van der Waals surface area contributed by atoms with Crippen LogP contribution in [0.25, 0.3) is 6.08 Å². The second kappa shape index (κ2) is 8.68. The first kappa shape index (κ1) is 20.2. The van der Waals surface area contributed by atoms with Crippen LogP contribution in [0.2, 0.25) is 0 Å². The number of nitrogens with zero attached hydrogens (tertiary/aromatic N) is 3. The summed E-state index contributed by atoms with van der Waals surface area (Å²) in [4.78, 5) is 32.7. The number of thiocarbonyl (C=S) groups is 1. The zero-order valence-electron chi connectivity index (χ0n) is 15.2. The molecule has 0 bridgehead atoms. The largest absolute Gasteiger partial charge is 0.497 e. The highest BCUT2D eigenvalue weighted by Crippen LogP contribution is 2.34. The molecule has 1 aliphatic rings. The van der Waals surface area contributed by atoms with E-state index in [-0.39, 0.29) is 11.8 Å². The van der Waals surface area contributed by atoms with E-state index in [1.54, 1.807) is 48.9 Å². The molecule has 3 rings (SSSR count). The number of carbonyl (C=O) groups excluding carboxylic acids is 2. The Morgan fingerprint density at radius 3 is 2.71 bits per heavy atom. The second-order valence-corrected chi connectivity index (χ2v) is 8.20. The highest BCUT2D eigenvalue weighted by atomic mass is 32.2. The molecule has 1 aromatic carbocycles. The highest BCUT2D eigenvalue weighted by Gasteiger charge is 2.31. The quantitative estimate of drug-likeness (QED) is 0.388. The molecule has 9 heteroatoms. The first-order valence-corrected chi connectivity index (χ1v) is 10.3. The van der Waals surface area contributed by atoms with Gasteiger partial charge in [-0.25, -0.2) is 4.98 Å². The number of aromatic nitrogens is 1. The van der Waals surface area contributed by atoms with Gasteiger partial charge in [-0.1, -0.05) is 30.1 Å². The Balaban J connectivity index is 1.87. The van der Waals surface area contributed by atoms with Gasteiger partial charge in [0, 0.05) is 18.8 Å². The molecular weight excluding hydrogens is 414 g/mol. The van der Waals surface area contributed by atoms with Gasteiger partial charge in [0.1, 0.15) is 10.1 Å². The first-order valence-electron chi connectivity index (χ1n) is 8.21. The smallest absolute Gasteiger partial charge is 0.266 e. The van der Waals surface area contributed by atoms with E-state index in [1.165, 1.54) is 39.8 Å². The Hall–Kier alpha value is -2.49. The second-order valence-electron chi connectivity index (χ2n) is 5.69. The van der Waals surface area contributed by atoms with E-state index in [4.69, 9.17) is 17.0 Å². The van der Waals surface area contributed by atoms with E-state index in [1.807, 2.05) is 0 Å². The van der Waals surface area contributed by atoms with Gasteiger partial charge in [-0.15, -0.1) is 17.9 Å². The number of hydrogen-bond donors (Lipinski definition) is 0. The molecule has 0 spiro atoms. The molecule has 2 heterocycles. The third-order valence-corrected chi connectivity index (χ3v) is 6.03. The van der Waals surface area contributed by atoms with Gasteiger partial charge in [0.15, 0.2) is 5.13 Å². The minimum Gasteiger partial charge on any atom is -0.497 e. The Bertz CT molecular complexity index is 966. The lowest BCUT2D eigenvalue weighted by molar-refractivity contribution is -0.121. The van der Waals surface area contributed by atoms with Crippen LogP contribution in [0.4, 0.5) is 10.8 Å². The van der Waals surface area contributed by atoms with Gasteiger partial charge >= 0.3 is 0 Å². The molecule has 0 aliphatic carbocycles. The SMILES string of the molecule is C=CCN1C(=O)C(=Cc2csc(N(C(C)=O)c3ccc(OC)cc3)n2)SC1=S. The monoisotopic (exact) mass is 431 g/mol. The molecule has 1 aromatic heterocycles. The Morgan fingerprint density at radius 1 is 1.39 bits per heavy atom. The zero-order valence-corrected chi connectivity index (χ0v) is 17.7. The molecule has 1 aliphatic heterocycles. The number of methoxy groups -OCH3 is 1. The lowest BCUT2D eigenvalue weighted by Gasteiger charge is -2.18. The van der Waals surface area contributed by atoms with Crippen LogP contribution in [0, 0.1) is 0 Å². The summed E-state index contributed by atoms with van der Waals surface area (Å²) in [5.74, 6) is 0.375. The fourth-order valence-electron chi connectivity index (χ4n) is 2.52. The predicted molar refractivity (Wildman–Crippen MR) is 118 cm³/mol. The lowest BCUT2D eigenvalue weighted by Crippen LogP contribution is -2.27. The maximum atomic E-state index is 12.4. The standard InChI is InChI=1S/C19H17N3O3S3/c1-4-9-21-17(24)16(28-19(21)26)10-13-11-27-18(20-13)22(12(2)23)14-5-7-15(25-3)8-6-14/h4-8,10-11H,1,9H2,2-3H3. The number of rotatable bonds is 6. The van der Waals surface area contributed by atoms with E-state index >= 15 is 0 Å². The Labute approximate surface area is 176 Å². The summed E-state index contributed by atoms with van der Waals surface area (Å²) in [5, 5.41) is 2.32. The fraction of sp³-hybridized carbons (Fsp3) is 0.158. The number of carbonyl (C=O) groups is 2. The van der Waals surface area contributed by atoms with Crippen LogP contribution in [-0.2, 0) is 9.59 Å². The van der Waals surface area contributed by atoms with Crippen LogP contribution in [0.3, 0.4) is 0 Å². The summed E-state index contributed by atoms with van der Waals surface area (Å²) in [6.07, 6.45) is 3.32. The summed E-state index contributed by atoms with van der Waals surface area (Å²) in [7, 11) is 1.59.